The number of hydrogen-bond acceptors (Lipinski definition) is 4. The lowest BCUT2D eigenvalue weighted by Crippen LogP contribution is -2.52. The fraction of sp³-hybridized carbons (Fsp3) is 0.923. The summed E-state index contributed by atoms with van der Waals surface area (Å²) in [6.45, 7) is 2.17. The lowest BCUT2D eigenvalue weighted by atomic mass is 9.89. The zero-order valence-corrected chi connectivity index (χ0v) is 12.1. The molecule has 0 atom stereocenters. The first-order valence-electron chi connectivity index (χ1n) is 6.99. The van der Waals surface area contributed by atoms with Gasteiger partial charge >= 0.3 is 0 Å². The number of thioether (sulfide) groups is 1. The van der Waals surface area contributed by atoms with Gasteiger partial charge in [-0.05, 0) is 31.9 Å². The molecule has 104 valence electrons. The molecule has 0 amide bonds. The SMILES string of the molecule is CSC1(C(N)=NO)CCN(C2CCCCC2)CC1. The van der Waals surface area contributed by atoms with Gasteiger partial charge in [0, 0.05) is 19.1 Å². The van der Waals surface area contributed by atoms with Gasteiger partial charge in [0.1, 0.15) is 0 Å². The summed E-state index contributed by atoms with van der Waals surface area (Å²) in [6, 6.07) is 0.783. The van der Waals surface area contributed by atoms with E-state index in [9.17, 15) is 0 Å². The summed E-state index contributed by atoms with van der Waals surface area (Å²) in [5.74, 6) is 0.401. The van der Waals surface area contributed by atoms with E-state index >= 15 is 0 Å². The number of rotatable bonds is 3. The topological polar surface area (TPSA) is 61.9 Å². The minimum Gasteiger partial charge on any atom is -0.409 e. The quantitative estimate of drug-likeness (QED) is 0.358. The van der Waals surface area contributed by atoms with E-state index in [2.05, 4.69) is 16.3 Å². The lowest BCUT2D eigenvalue weighted by molar-refractivity contribution is 0.125. The second-order valence-corrected chi connectivity index (χ2v) is 6.70. The Kier molecular flexibility index (Phi) is 4.78. The van der Waals surface area contributed by atoms with E-state index in [1.54, 1.807) is 11.8 Å². The van der Waals surface area contributed by atoms with Crippen LogP contribution in [0, 0.1) is 0 Å². The van der Waals surface area contributed by atoms with Crippen LogP contribution >= 0.6 is 11.8 Å². The molecule has 0 aromatic carbocycles. The highest BCUT2D eigenvalue weighted by molar-refractivity contribution is 8.00. The van der Waals surface area contributed by atoms with Gasteiger partial charge in [0.25, 0.3) is 0 Å². The van der Waals surface area contributed by atoms with E-state index in [1.165, 1.54) is 32.1 Å². The van der Waals surface area contributed by atoms with Gasteiger partial charge in [0.2, 0.25) is 0 Å². The molecule has 0 spiro atoms. The van der Waals surface area contributed by atoms with E-state index in [0.29, 0.717) is 5.84 Å². The fourth-order valence-electron chi connectivity index (χ4n) is 3.35. The van der Waals surface area contributed by atoms with Crippen LogP contribution in [-0.2, 0) is 0 Å². The fourth-order valence-corrected chi connectivity index (χ4v) is 4.19. The molecule has 4 nitrogen and oxygen atoms in total. The Morgan fingerprint density at radius 2 is 1.89 bits per heavy atom. The van der Waals surface area contributed by atoms with E-state index in [4.69, 9.17) is 10.9 Å². The Morgan fingerprint density at radius 3 is 2.39 bits per heavy atom. The summed E-state index contributed by atoms with van der Waals surface area (Å²) in [4.78, 5) is 2.62. The highest BCUT2D eigenvalue weighted by Crippen LogP contribution is 2.36. The van der Waals surface area contributed by atoms with E-state index in [0.717, 1.165) is 32.0 Å². The van der Waals surface area contributed by atoms with Crippen LogP contribution in [0.5, 0.6) is 0 Å². The molecule has 2 aliphatic rings. The molecule has 1 saturated heterocycles. The van der Waals surface area contributed by atoms with E-state index in [1.807, 2.05) is 0 Å². The van der Waals surface area contributed by atoms with Gasteiger partial charge in [0.05, 0.1) is 4.75 Å². The van der Waals surface area contributed by atoms with Crippen LogP contribution in [0.25, 0.3) is 0 Å². The maximum atomic E-state index is 8.93. The van der Waals surface area contributed by atoms with Crippen molar-refractivity contribution in [1.82, 2.24) is 4.90 Å². The second-order valence-electron chi connectivity index (χ2n) is 5.51. The maximum absolute atomic E-state index is 8.93. The second kappa shape index (κ2) is 6.15. The molecule has 0 unspecified atom stereocenters. The molecular weight excluding hydrogens is 246 g/mol. The lowest BCUT2D eigenvalue weighted by Gasteiger charge is -2.43. The summed E-state index contributed by atoms with van der Waals surface area (Å²) in [5.41, 5.74) is 5.88. The Hall–Kier alpha value is -0.420. The molecule has 0 bridgehead atoms. The first-order valence-corrected chi connectivity index (χ1v) is 8.21. The number of hydrogen-bond donors (Lipinski definition) is 2. The molecule has 2 rings (SSSR count). The van der Waals surface area contributed by atoms with E-state index in [-0.39, 0.29) is 4.75 Å². The van der Waals surface area contributed by atoms with Gasteiger partial charge in [-0.15, -0.1) is 0 Å². The van der Waals surface area contributed by atoms with Crippen molar-refractivity contribution in [3.63, 3.8) is 0 Å². The standard InChI is InChI=1S/C13H25N3OS/c1-18-13(12(14)15-17)7-9-16(10-8-13)11-5-3-2-4-6-11/h11,17H,2-10H2,1H3,(H2,14,15). The molecule has 5 heteroatoms. The summed E-state index contributed by atoms with van der Waals surface area (Å²) >= 11 is 1.73. The molecule has 0 aromatic heterocycles. The third-order valence-electron chi connectivity index (χ3n) is 4.66. The normalized spacial score (nSPS) is 27.3. The monoisotopic (exact) mass is 271 g/mol. The average molecular weight is 271 g/mol. The zero-order valence-electron chi connectivity index (χ0n) is 11.3. The van der Waals surface area contributed by atoms with Gasteiger partial charge in [-0.2, -0.15) is 11.8 Å². The largest absolute Gasteiger partial charge is 0.409 e. The molecule has 1 heterocycles. The van der Waals surface area contributed by atoms with Crippen LogP contribution in [0.3, 0.4) is 0 Å². The summed E-state index contributed by atoms with van der Waals surface area (Å²) < 4.78 is -0.139. The van der Waals surface area contributed by atoms with Crippen LogP contribution in [0.4, 0.5) is 0 Å². The molecule has 18 heavy (non-hydrogen) atoms. The molecule has 3 N–H and O–H groups in total. The smallest absolute Gasteiger partial charge is 0.155 e. The van der Waals surface area contributed by atoms with Crippen LogP contribution in [-0.4, -0.2) is 46.1 Å². The summed E-state index contributed by atoms with van der Waals surface area (Å²) in [7, 11) is 0. The van der Waals surface area contributed by atoms with Gasteiger partial charge in [0.15, 0.2) is 5.84 Å². The Labute approximate surface area is 114 Å². The van der Waals surface area contributed by atoms with Crippen LogP contribution in [0.1, 0.15) is 44.9 Å². The maximum Gasteiger partial charge on any atom is 0.155 e. The van der Waals surface area contributed by atoms with Crippen molar-refractivity contribution in [1.29, 1.82) is 0 Å². The molecule has 1 aliphatic carbocycles. The van der Waals surface area contributed by atoms with Crippen LogP contribution in [0.2, 0.25) is 0 Å². The van der Waals surface area contributed by atoms with Crippen molar-refractivity contribution < 1.29 is 5.21 Å². The number of nitrogens with two attached hydrogens (primary N) is 1. The van der Waals surface area contributed by atoms with Crippen molar-refractivity contribution in [3.05, 3.63) is 0 Å². The number of likely N-dealkylation sites (tertiary alicyclic amines) is 1. The van der Waals surface area contributed by atoms with Crippen LogP contribution in [0.15, 0.2) is 5.16 Å². The summed E-state index contributed by atoms with van der Waals surface area (Å²) in [6.07, 6.45) is 11.0. The predicted octanol–water partition coefficient (Wildman–Crippen LogP) is 2.26. The highest BCUT2D eigenvalue weighted by Gasteiger charge is 2.39. The van der Waals surface area contributed by atoms with Gasteiger partial charge in [-0.1, -0.05) is 24.4 Å². The van der Waals surface area contributed by atoms with Crippen molar-refractivity contribution in [2.45, 2.75) is 55.7 Å². The minimum atomic E-state index is -0.139. The number of oxime groups is 1. The van der Waals surface area contributed by atoms with Crippen molar-refractivity contribution >= 4 is 17.6 Å². The van der Waals surface area contributed by atoms with Crippen molar-refractivity contribution in [2.24, 2.45) is 10.9 Å². The average Bonchev–Trinajstić information content (AvgIpc) is 2.47. The first-order chi connectivity index (χ1) is 8.72. The Balaban J connectivity index is 1.93. The van der Waals surface area contributed by atoms with Gasteiger partial charge in [-0.25, -0.2) is 0 Å². The summed E-state index contributed by atoms with van der Waals surface area (Å²) in [5, 5.41) is 12.2. The van der Waals surface area contributed by atoms with Crippen LogP contribution < -0.4 is 5.73 Å². The minimum absolute atomic E-state index is 0.139. The third-order valence-corrected chi connectivity index (χ3v) is 6.06. The number of piperidine rings is 1. The Morgan fingerprint density at radius 1 is 1.28 bits per heavy atom. The van der Waals surface area contributed by atoms with Crippen molar-refractivity contribution in [2.75, 3.05) is 19.3 Å². The number of nitrogens with zero attached hydrogens (tertiary/aromatic N) is 2. The van der Waals surface area contributed by atoms with E-state index < -0.39 is 0 Å². The molecule has 1 saturated carbocycles. The molecule has 0 radical (unpaired) electrons. The highest BCUT2D eigenvalue weighted by atomic mass is 32.2. The Bertz CT molecular complexity index is 295. The molecule has 1 aliphatic heterocycles. The first kappa shape index (κ1) is 14.0. The van der Waals surface area contributed by atoms with Gasteiger partial charge < -0.3 is 15.8 Å². The zero-order chi connectivity index (χ0) is 13.0. The van der Waals surface area contributed by atoms with Gasteiger partial charge in [-0.3, -0.25) is 0 Å². The number of amidine groups is 1. The molecule has 2 fully saturated rings. The predicted molar refractivity (Wildman–Crippen MR) is 77.3 cm³/mol. The third kappa shape index (κ3) is 2.77. The van der Waals surface area contributed by atoms with Crippen molar-refractivity contribution in [3.8, 4) is 0 Å². The molecular formula is C13H25N3OS. The molecule has 0 aromatic rings.